The molecule has 0 aromatic carbocycles. The minimum atomic E-state index is 0.398. The Morgan fingerprint density at radius 1 is 1.33 bits per heavy atom. The van der Waals surface area contributed by atoms with Gasteiger partial charge in [-0.1, -0.05) is 13.8 Å². The van der Waals surface area contributed by atoms with Gasteiger partial charge >= 0.3 is 0 Å². The van der Waals surface area contributed by atoms with E-state index in [4.69, 9.17) is 4.74 Å². The maximum atomic E-state index is 5.49. The van der Waals surface area contributed by atoms with Crippen molar-refractivity contribution >= 4 is 27.3 Å². The van der Waals surface area contributed by atoms with E-state index < -0.39 is 0 Å². The van der Waals surface area contributed by atoms with Gasteiger partial charge in [-0.15, -0.1) is 11.3 Å². The molecule has 120 valence electrons. The molecule has 5 heteroatoms. The van der Waals surface area contributed by atoms with Crippen LogP contribution in [0.15, 0.2) is 15.9 Å². The minimum absolute atomic E-state index is 0.398. The molecule has 0 bridgehead atoms. The van der Waals surface area contributed by atoms with E-state index >= 15 is 0 Å². The Balaban J connectivity index is 1.90. The Morgan fingerprint density at radius 2 is 2.05 bits per heavy atom. The molecular weight excluding hydrogens is 348 g/mol. The van der Waals surface area contributed by atoms with Crippen LogP contribution in [-0.2, 0) is 4.74 Å². The van der Waals surface area contributed by atoms with Crippen molar-refractivity contribution in [2.45, 2.75) is 39.3 Å². The van der Waals surface area contributed by atoms with E-state index in [1.54, 1.807) is 0 Å². The van der Waals surface area contributed by atoms with Gasteiger partial charge in [0.1, 0.15) is 0 Å². The van der Waals surface area contributed by atoms with E-state index in [0.717, 1.165) is 38.8 Å². The van der Waals surface area contributed by atoms with Gasteiger partial charge in [0, 0.05) is 41.1 Å². The predicted molar refractivity (Wildman–Crippen MR) is 94.1 cm³/mol. The zero-order valence-corrected chi connectivity index (χ0v) is 15.7. The molecule has 1 N–H and O–H groups in total. The second kappa shape index (κ2) is 8.63. The van der Waals surface area contributed by atoms with Gasteiger partial charge in [0.25, 0.3) is 0 Å². The lowest BCUT2D eigenvalue weighted by Crippen LogP contribution is -2.48. The molecule has 3 nitrogen and oxygen atoms in total. The third kappa shape index (κ3) is 5.32. The zero-order valence-electron chi connectivity index (χ0n) is 13.3. The van der Waals surface area contributed by atoms with E-state index in [2.05, 4.69) is 58.4 Å². The molecule has 0 radical (unpaired) electrons. The normalized spacial score (nSPS) is 19.9. The first-order valence-corrected chi connectivity index (χ1v) is 9.53. The molecule has 2 heterocycles. The van der Waals surface area contributed by atoms with Crippen molar-refractivity contribution in [2.24, 2.45) is 5.92 Å². The highest BCUT2D eigenvalue weighted by Gasteiger charge is 2.22. The lowest BCUT2D eigenvalue weighted by atomic mass is 10.0. The smallest absolute Gasteiger partial charge is 0.0594 e. The van der Waals surface area contributed by atoms with Gasteiger partial charge in [-0.25, -0.2) is 0 Å². The number of halogens is 1. The van der Waals surface area contributed by atoms with Gasteiger partial charge in [0.2, 0.25) is 0 Å². The van der Waals surface area contributed by atoms with Gasteiger partial charge in [-0.05, 0) is 46.6 Å². The van der Waals surface area contributed by atoms with Gasteiger partial charge in [0.15, 0.2) is 0 Å². The quantitative estimate of drug-likeness (QED) is 0.782. The summed E-state index contributed by atoms with van der Waals surface area (Å²) in [6.45, 7) is 11.8. The summed E-state index contributed by atoms with van der Waals surface area (Å²) in [7, 11) is 0. The Hall–Kier alpha value is 0.0600. The lowest BCUT2D eigenvalue weighted by Gasteiger charge is -2.36. The van der Waals surface area contributed by atoms with Crippen LogP contribution < -0.4 is 5.32 Å². The second-order valence-corrected chi connectivity index (χ2v) is 8.00. The van der Waals surface area contributed by atoms with Crippen LogP contribution in [0.25, 0.3) is 0 Å². The van der Waals surface area contributed by atoms with Crippen molar-refractivity contribution in [3.05, 3.63) is 20.8 Å². The van der Waals surface area contributed by atoms with Gasteiger partial charge in [0.05, 0.1) is 13.2 Å². The van der Waals surface area contributed by atoms with Crippen molar-refractivity contribution in [1.82, 2.24) is 10.2 Å². The van der Waals surface area contributed by atoms with E-state index in [9.17, 15) is 0 Å². The van der Waals surface area contributed by atoms with E-state index in [0.29, 0.717) is 12.1 Å². The zero-order chi connectivity index (χ0) is 15.2. The molecular formula is C16H27BrN2OS. The summed E-state index contributed by atoms with van der Waals surface area (Å²) >= 11 is 5.45. The molecule has 1 saturated heterocycles. The summed E-state index contributed by atoms with van der Waals surface area (Å²) in [5.41, 5.74) is 0. The van der Waals surface area contributed by atoms with Crippen molar-refractivity contribution in [3.8, 4) is 0 Å². The van der Waals surface area contributed by atoms with Crippen LogP contribution in [0.3, 0.4) is 0 Å². The molecule has 21 heavy (non-hydrogen) atoms. The van der Waals surface area contributed by atoms with Crippen LogP contribution in [0.1, 0.15) is 38.1 Å². The third-order valence-corrected chi connectivity index (χ3v) is 6.06. The van der Waals surface area contributed by atoms with Crippen molar-refractivity contribution in [2.75, 3.05) is 32.8 Å². The average Bonchev–Trinajstić information content (AvgIpc) is 2.90. The summed E-state index contributed by atoms with van der Waals surface area (Å²) in [6.07, 6.45) is 1.24. The number of hydrogen-bond donors (Lipinski definition) is 1. The van der Waals surface area contributed by atoms with E-state index in [1.807, 2.05) is 11.3 Å². The molecule has 2 rings (SSSR count). The van der Waals surface area contributed by atoms with Crippen molar-refractivity contribution in [3.63, 3.8) is 0 Å². The molecule has 1 fully saturated rings. The monoisotopic (exact) mass is 374 g/mol. The molecule has 0 amide bonds. The van der Waals surface area contributed by atoms with E-state index in [1.165, 1.54) is 15.8 Å². The van der Waals surface area contributed by atoms with E-state index in [-0.39, 0.29) is 0 Å². The third-order valence-electron chi connectivity index (χ3n) is 4.00. The molecule has 2 atom stereocenters. The van der Waals surface area contributed by atoms with Gasteiger partial charge < -0.3 is 10.1 Å². The molecule has 1 aromatic rings. The number of morpholine rings is 1. The molecule has 1 aliphatic heterocycles. The Labute approximate surface area is 141 Å². The summed E-state index contributed by atoms with van der Waals surface area (Å²) in [5, 5.41) is 5.87. The van der Waals surface area contributed by atoms with Crippen LogP contribution in [0.5, 0.6) is 0 Å². The maximum Gasteiger partial charge on any atom is 0.0594 e. The SMILES string of the molecule is CC(C)CC(CNC(C)c1sccc1Br)N1CCOCC1. The number of nitrogens with zero attached hydrogens (tertiary/aromatic N) is 1. The number of nitrogens with one attached hydrogen (secondary N) is 1. The lowest BCUT2D eigenvalue weighted by molar-refractivity contribution is 0.0119. The van der Waals surface area contributed by atoms with Crippen LogP contribution in [0.2, 0.25) is 0 Å². The minimum Gasteiger partial charge on any atom is -0.379 e. The first-order valence-electron chi connectivity index (χ1n) is 7.86. The van der Waals surface area contributed by atoms with Crippen molar-refractivity contribution < 1.29 is 4.74 Å². The largest absolute Gasteiger partial charge is 0.379 e. The molecule has 0 saturated carbocycles. The first kappa shape index (κ1) is 17.4. The average molecular weight is 375 g/mol. The number of thiophene rings is 1. The summed E-state index contributed by atoms with van der Waals surface area (Å²) < 4.78 is 6.71. The molecule has 1 aromatic heterocycles. The summed E-state index contributed by atoms with van der Waals surface area (Å²) in [4.78, 5) is 3.98. The second-order valence-electron chi connectivity index (χ2n) is 6.19. The van der Waals surface area contributed by atoms with Crippen LogP contribution >= 0.6 is 27.3 Å². The summed E-state index contributed by atoms with van der Waals surface area (Å²) in [5.74, 6) is 0.725. The fourth-order valence-corrected chi connectivity index (χ4v) is 4.62. The standard InChI is InChI=1S/C16H27BrN2OS/c1-12(2)10-14(19-5-7-20-8-6-19)11-18-13(3)16-15(17)4-9-21-16/h4,9,12-14,18H,5-8,10-11H2,1-3H3. The summed E-state index contributed by atoms with van der Waals surface area (Å²) in [6, 6.07) is 3.14. The predicted octanol–water partition coefficient (Wildman–Crippen LogP) is 3.91. The highest BCUT2D eigenvalue weighted by atomic mass is 79.9. The Morgan fingerprint density at radius 3 is 2.62 bits per heavy atom. The number of rotatable bonds is 7. The molecule has 2 unspecified atom stereocenters. The van der Waals surface area contributed by atoms with Gasteiger partial charge in [-0.3, -0.25) is 4.90 Å². The fourth-order valence-electron chi connectivity index (χ4n) is 2.87. The fraction of sp³-hybridized carbons (Fsp3) is 0.750. The van der Waals surface area contributed by atoms with Crippen molar-refractivity contribution in [1.29, 1.82) is 0 Å². The Bertz CT molecular complexity index is 418. The molecule has 1 aliphatic rings. The number of ether oxygens (including phenoxy) is 1. The first-order chi connectivity index (χ1) is 10.1. The van der Waals surface area contributed by atoms with Crippen LogP contribution in [-0.4, -0.2) is 43.8 Å². The molecule has 0 spiro atoms. The van der Waals surface area contributed by atoms with Crippen LogP contribution in [0, 0.1) is 5.92 Å². The Kier molecular flexibility index (Phi) is 7.16. The van der Waals surface area contributed by atoms with Crippen LogP contribution in [0.4, 0.5) is 0 Å². The topological polar surface area (TPSA) is 24.5 Å². The highest BCUT2D eigenvalue weighted by Crippen LogP contribution is 2.28. The number of hydrogen-bond acceptors (Lipinski definition) is 4. The van der Waals surface area contributed by atoms with Gasteiger partial charge in [-0.2, -0.15) is 0 Å². The maximum absolute atomic E-state index is 5.49. The highest BCUT2D eigenvalue weighted by molar-refractivity contribution is 9.10. The molecule has 0 aliphatic carbocycles.